The van der Waals surface area contributed by atoms with E-state index in [1.807, 2.05) is 0 Å². The zero-order valence-electron chi connectivity index (χ0n) is 12.1. The number of oxime groups is 1. The predicted octanol–water partition coefficient (Wildman–Crippen LogP) is 3.56. The average molecular weight is 397 g/mol. The van der Waals surface area contributed by atoms with Crippen molar-refractivity contribution >= 4 is 33.2 Å². The van der Waals surface area contributed by atoms with Crippen molar-refractivity contribution in [3.63, 3.8) is 0 Å². The molecule has 1 aliphatic rings. The molecule has 0 aromatic heterocycles. The molecular weight excluding hydrogens is 386 g/mol. The topological polar surface area (TPSA) is 70.9 Å². The first kappa shape index (κ1) is 16.4. The van der Waals surface area contributed by atoms with Crippen LogP contribution in [0, 0.1) is 11.6 Å². The fourth-order valence-electron chi connectivity index (χ4n) is 2.26. The number of amides is 1. The largest absolute Gasteiger partial charge is 0.507 e. The molecule has 124 valence electrons. The predicted molar refractivity (Wildman–Crippen MR) is 86.8 cm³/mol. The number of hydrogen-bond donors (Lipinski definition) is 2. The summed E-state index contributed by atoms with van der Waals surface area (Å²) in [5, 5.41) is 15.9. The molecule has 3 rings (SSSR count). The van der Waals surface area contributed by atoms with E-state index in [2.05, 4.69) is 26.4 Å². The Morgan fingerprint density at radius 1 is 1.33 bits per heavy atom. The summed E-state index contributed by atoms with van der Waals surface area (Å²) in [5.74, 6) is -2.28. The molecule has 1 aliphatic heterocycles. The van der Waals surface area contributed by atoms with Gasteiger partial charge in [0.25, 0.3) is 5.91 Å². The Morgan fingerprint density at radius 3 is 2.79 bits per heavy atom. The van der Waals surface area contributed by atoms with Crippen LogP contribution in [0.1, 0.15) is 12.0 Å². The van der Waals surface area contributed by atoms with Gasteiger partial charge in [-0.1, -0.05) is 17.3 Å². The molecule has 1 atom stereocenters. The third-order valence-electron chi connectivity index (χ3n) is 3.43. The number of phenolic OH excluding ortho intramolecular Hbond substituents is 1. The number of aromatic hydroxyl groups is 1. The van der Waals surface area contributed by atoms with Crippen molar-refractivity contribution in [1.29, 1.82) is 0 Å². The molecule has 5 nitrogen and oxygen atoms in total. The maximum atomic E-state index is 13.8. The number of nitrogens with one attached hydrogen (secondary N) is 1. The van der Waals surface area contributed by atoms with E-state index in [0.29, 0.717) is 17.3 Å². The van der Waals surface area contributed by atoms with Crippen LogP contribution in [-0.4, -0.2) is 22.8 Å². The van der Waals surface area contributed by atoms with Gasteiger partial charge < -0.3 is 15.3 Å². The highest BCUT2D eigenvalue weighted by Crippen LogP contribution is 2.28. The van der Waals surface area contributed by atoms with Crippen LogP contribution in [0.5, 0.6) is 5.75 Å². The van der Waals surface area contributed by atoms with Crippen LogP contribution in [0.4, 0.5) is 14.5 Å². The maximum absolute atomic E-state index is 13.8. The molecule has 0 unspecified atom stereocenters. The van der Waals surface area contributed by atoms with Crippen LogP contribution in [-0.2, 0) is 9.63 Å². The van der Waals surface area contributed by atoms with Gasteiger partial charge in [0, 0.05) is 22.5 Å². The van der Waals surface area contributed by atoms with E-state index < -0.39 is 23.6 Å². The molecule has 2 N–H and O–H groups in total. The van der Waals surface area contributed by atoms with Crippen LogP contribution in [0.3, 0.4) is 0 Å². The SMILES string of the molecule is O=C(Nc1c(F)cc(F)cc1Br)[C@@H]1CC(c2ccccc2O)=NO1. The number of anilines is 1. The normalized spacial score (nSPS) is 16.5. The van der Waals surface area contributed by atoms with E-state index in [0.717, 1.165) is 6.07 Å². The van der Waals surface area contributed by atoms with E-state index >= 15 is 0 Å². The zero-order chi connectivity index (χ0) is 17.3. The number of nitrogens with zero attached hydrogens (tertiary/aromatic N) is 1. The lowest BCUT2D eigenvalue weighted by Crippen LogP contribution is -2.28. The molecule has 0 fully saturated rings. The Balaban J connectivity index is 1.72. The van der Waals surface area contributed by atoms with Crippen LogP contribution in [0.2, 0.25) is 0 Å². The third kappa shape index (κ3) is 3.23. The van der Waals surface area contributed by atoms with Crippen LogP contribution in [0.15, 0.2) is 46.0 Å². The first-order chi connectivity index (χ1) is 11.5. The second-order valence-corrected chi connectivity index (χ2v) is 5.94. The molecule has 1 heterocycles. The highest BCUT2D eigenvalue weighted by atomic mass is 79.9. The Labute approximate surface area is 144 Å². The van der Waals surface area contributed by atoms with Gasteiger partial charge in [-0.15, -0.1) is 0 Å². The van der Waals surface area contributed by atoms with E-state index in [9.17, 15) is 18.7 Å². The van der Waals surface area contributed by atoms with Crippen molar-refractivity contribution in [1.82, 2.24) is 0 Å². The Bertz CT molecular complexity index is 819. The summed E-state index contributed by atoms with van der Waals surface area (Å²) in [4.78, 5) is 17.3. The molecule has 0 aliphatic carbocycles. The van der Waals surface area contributed by atoms with E-state index in [4.69, 9.17) is 4.84 Å². The maximum Gasteiger partial charge on any atom is 0.268 e. The number of benzene rings is 2. The number of carbonyl (C=O) groups is 1. The number of halogens is 3. The summed E-state index contributed by atoms with van der Waals surface area (Å²) < 4.78 is 26.9. The van der Waals surface area contributed by atoms with Crippen molar-refractivity contribution in [3.8, 4) is 5.75 Å². The summed E-state index contributed by atoms with van der Waals surface area (Å²) in [7, 11) is 0. The van der Waals surface area contributed by atoms with Gasteiger partial charge >= 0.3 is 0 Å². The minimum atomic E-state index is -0.976. The fraction of sp³-hybridized carbons (Fsp3) is 0.125. The monoisotopic (exact) mass is 396 g/mol. The molecule has 8 heteroatoms. The molecule has 0 saturated heterocycles. The van der Waals surface area contributed by atoms with Crippen molar-refractivity contribution < 1.29 is 23.5 Å². The summed E-state index contributed by atoms with van der Waals surface area (Å²) in [5.41, 5.74) is 0.690. The molecule has 0 spiro atoms. The molecule has 0 radical (unpaired) electrons. The first-order valence-electron chi connectivity index (χ1n) is 6.92. The first-order valence-corrected chi connectivity index (χ1v) is 7.71. The molecule has 0 bridgehead atoms. The molecule has 24 heavy (non-hydrogen) atoms. The van der Waals surface area contributed by atoms with Gasteiger partial charge in [-0.3, -0.25) is 4.79 Å². The quantitative estimate of drug-likeness (QED) is 0.832. The number of rotatable bonds is 3. The van der Waals surface area contributed by atoms with Gasteiger partial charge in [0.15, 0.2) is 5.82 Å². The second-order valence-electron chi connectivity index (χ2n) is 5.09. The highest BCUT2D eigenvalue weighted by Gasteiger charge is 2.30. The third-order valence-corrected chi connectivity index (χ3v) is 4.06. The minimum Gasteiger partial charge on any atom is -0.507 e. The summed E-state index contributed by atoms with van der Waals surface area (Å²) in [6.07, 6.45) is -0.861. The molecular formula is C16H11BrF2N2O3. The van der Waals surface area contributed by atoms with Crippen molar-refractivity contribution in [2.24, 2.45) is 5.16 Å². The van der Waals surface area contributed by atoms with Gasteiger partial charge in [0.1, 0.15) is 11.6 Å². The summed E-state index contributed by atoms with van der Waals surface area (Å²) >= 11 is 3.00. The molecule has 1 amide bonds. The van der Waals surface area contributed by atoms with Crippen LogP contribution < -0.4 is 5.32 Å². The van der Waals surface area contributed by atoms with Crippen LogP contribution in [0.25, 0.3) is 0 Å². The fourth-order valence-corrected chi connectivity index (χ4v) is 2.77. The number of para-hydroxylation sites is 1. The second kappa shape index (κ2) is 6.56. The molecule has 2 aromatic rings. The summed E-state index contributed by atoms with van der Waals surface area (Å²) in [6.45, 7) is 0. The highest BCUT2D eigenvalue weighted by molar-refractivity contribution is 9.10. The number of hydrogen-bond acceptors (Lipinski definition) is 4. The van der Waals surface area contributed by atoms with Gasteiger partial charge in [0.05, 0.1) is 11.4 Å². The Kier molecular flexibility index (Phi) is 4.48. The lowest BCUT2D eigenvalue weighted by Gasteiger charge is -2.12. The van der Waals surface area contributed by atoms with Crippen molar-refractivity contribution in [2.75, 3.05) is 5.32 Å². The lowest BCUT2D eigenvalue weighted by atomic mass is 10.0. The van der Waals surface area contributed by atoms with Crippen molar-refractivity contribution in [2.45, 2.75) is 12.5 Å². The Morgan fingerprint density at radius 2 is 2.08 bits per heavy atom. The number of phenols is 1. The van der Waals surface area contributed by atoms with Gasteiger partial charge in [-0.05, 0) is 34.1 Å². The minimum absolute atomic E-state index is 0.0215. The van der Waals surface area contributed by atoms with Gasteiger partial charge in [0.2, 0.25) is 6.10 Å². The molecule has 2 aromatic carbocycles. The Hall–Kier alpha value is -2.48. The van der Waals surface area contributed by atoms with E-state index in [-0.39, 0.29) is 22.3 Å². The average Bonchev–Trinajstić information content (AvgIpc) is 3.01. The number of carbonyl (C=O) groups excluding carboxylic acids is 1. The van der Waals surface area contributed by atoms with Gasteiger partial charge in [-0.25, -0.2) is 8.78 Å². The summed E-state index contributed by atoms with van der Waals surface area (Å²) in [6, 6.07) is 8.23. The smallest absolute Gasteiger partial charge is 0.268 e. The zero-order valence-corrected chi connectivity index (χ0v) is 13.7. The lowest BCUT2D eigenvalue weighted by molar-refractivity contribution is -0.125. The molecule has 0 saturated carbocycles. The van der Waals surface area contributed by atoms with Crippen molar-refractivity contribution in [3.05, 3.63) is 58.1 Å². The standard InChI is InChI=1S/C16H11BrF2N2O3/c17-10-5-8(18)6-11(19)15(10)20-16(23)14-7-12(21-24-14)9-3-1-2-4-13(9)22/h1-6,14,22H,7H2,(H,20,23)/t14-/m0/s1. The van der Waals surface area contributed by atoms with E-state index in [1.54, 1.807) is 18.2 Å². The van der Waals surface area contributed by atoms with Crippen LogP contribution >= 0.6 is 15.9 Å². The van der Waals surface area contributed by atoms with E-state index in [1.165, 1.54) is 6.07 Å². The van der Waals surface area contributed by atoms with Gasteiger partial charge in [-0.2, -0.15) is 0 Å².